The second-order valence-corrected chi connectivity index (χ2v) is 3.46. The summed E-state index contributed by atoms with van der Waals surface area (Å²) in [6, 6.07) is 6.10. The normalized spacial score (nSPS) is 9.37. The Bertz CT molecular complexity index is 746. The SMILES string of the molecule is N#CC(C#N)=NNc1cc(C(=O)O)c2[nH]ncc2c1. The number of hydrazone groups is 1. The van der Waals surface area contributed by atoms with Crippen LogP contribution in [0.3, 0.4) is 0 Å². The topological polar surface area (TPSA) is 138 Å². The maximum absolute atomic E-state index is 11.1. The molecular formula is C11H6N6O2. The number of benzene rings is 1. The summed E-state index contributed by atoms with van der Waals surface area (Å²) in [5.74, 6) is -1.12. The fraction of sp³-hybridized carbons (Fsp3) is 0. The van der Waals surface area contributed by atoms with E-state index in [4.69, 9.17) is 15.6 Å². The number of hydrogen-bond donors (Lipinski definition) is 3. The minimum atomic E-state index is -1.12. The van der Waals surface area contributed by atoms with Crippen LogP contribution in [-0.4, -0.2) is 27.0 Å². The van der Waals surface area contributed by atoms with Crippen LogP contribution in [-0.2, 0) is 0 Å². The Labute approximate surface area is 106 Å². The lowest BCUT2D eigenvalue weighted by Gasteiger charge is -2.03. The van der Waals surface area contributed by atoms with Crippen LogP contribution in [0.2, 0.25) is 0 Å². The zero-order valence-corrected chi connectivity index (χ0v) is 9.38. The fourth-order valence-electron chi connectivity index (χ4n) is 1.49. The molecule has 0 amide bonds. The van der Waals surface area contributed by atoms with Crippen LogP contribution in [0.25, 0.3) is 10.9 Å². The van der Waals surface area contributed by atoms with Crippen LogP contribution in [0.1, 0.15) is 10.4 Å². The first-order valence-corrected chi connectivity index (χ1v) is 5.00. The zero-order valence-electron chi connectivity index (χ0n) is 9.38. The fourth-order valence-corrected chi connectivity index (χ4v) is 1.49. The van der Waals surface area contributed by atoms with Crippen molar-refractivity contribution in [2.45, 2.75) is 0 Å². The van der Waals surface area contributed by atoms with Gasteiger partial charge < -0.3 is 5.11 Å². The van der Waals surface area contributed by atoms with Crippen LogP contribution in [0.15, 0.2) is 23.4 Å². The average Bonchev–Trinajstić information content (AvgIpc) is 2.86. The molecule has 0 saturated carbocycles. The minimum Gasteiger partial charge on any atom is -0.478 e. The van der Waals surface area contributed by atoms with E-state index < -0.39 is 5.97 Å². The average molecular weight is 254 g/mol. The Hall–Kier alpha value is -3.39. The molecule has 0 aliphatic rings. The monoisotopic (exact) mass is 254 g/mol. The summed E-state index contributed by atoms with van der Waals surface area (Å²) in [4.78, 5) is 11.1. The summed E-state index contributed by atoms with van der Waals surface area (Å²) < 4.78 is 0. The lowest BCUT2D eigenvalue weighted by Crippen LogP contribution is -2.01. The van der Waals surface area contributed by atoms with Crippen LogP contribution in [0.4, 0.5) is 5.69 Å². The van der Waals surface area contributed by atoms with Gasteiger partial charge in [0, 0.05) is 5.39 Å². The molecule has 1 aromatic carbocycles. The number of carboxylic acids is 1. The van der Waals surface area contributed by atoms with Gasteiger partial charge in [-0.3, -0.25) is 10.5 Å². The van der Waals surface area contributed by atoms with E-state index in [1.54, 1.807) is 18.2 Å². The van der Waals surface area contributed by atoms with Crippen molar-refractivity contribution in [2.75, 3.05) is 5.43 Å². The first kappa shape index (κ1) is 12.1. The molecule has 0 unspecified atom stereocenters. The van der Waals surface area contributed by atoms with E-state index in [2.05, 4.69) is 20.7 Å². The molecule has 2 aromatic rings. The number of carbonyl (C=O) groups is 1. The number of nitrogens with one attached hydrogen (secondary N) is 2. The first-order chi connectivity index (χ1) is 9.15. The highest BCUT2D eigenvalue weighted by atomic mass is 16.4. The predicted molar refractivity (Wildman–Crippen MR) is 65.3 cm³/mol. The second kappa shape index (κ2) is 4.85. The van der Waals surface area contributed by atoms with Crippen LogP contribution in [0.5, 0.6) is 0 Å². The number of carboxylic acid groups (broad SMARTS) is 1. The summed E-state index contributed by atoms with van der Waals surface area (Å²) in [5, 5.41) is 36.6. The lowest BCUT2D eigenvalue weighted by atomic mass is 10.1. The molecule has 0 bridgehead atoms. The van der Waals surface area contributed by atoms with E-state index in [0.717, 1.165) is 0 Å². The van der Waals surface area contributed by atoms with Crippen molar-refractivity contribution in [2.24, 2.45) is 5.10 Å². The Morgan fingerprint density at radius 3 is 2.79 bits per heavy atom. The molecule has 92 valence electrons. The van der Waals surface area contributed by atoms with Gasteiger partial charge in [-0.15, -0.1) is 0 Å². The van der Waals surface area contributed by atoms with E-state index in [1.165, 1.54) is 12.3 Å². The number of H-pyrrole nitrogens is 1. The highest BCUT2D eigenvalue weighted by molar-refractivity contribution is 6.10. The molecule has 8 heteroatoms. The van der Waals surface area contributed by atoms with Crippen LogP contribution in [0, 0.1) is 22.7 Å². The highest BCUT2D eigenvalue weighted by Crippen LogP contribution is 2.22. The number of nitrogens with zero attached hydrogens (tertiary/aromatic N) is 4. The summed E-state index contributed by atoms with van der Waals surface area (Å²) in [6.07, 6.45) is 1.46. The summed E-state index contributed by atoms with van der Waals surface area (Å²) in [5.41, 5.74) is 2.85. The smallest absolute Gasteiger partial charge is 0.337 e. The van der Waals surface area contributed by atoms with Crippen molar-refractivity contribution in [1.82, 2.24) is 10.2 Å². The predicted octanol–water partition coefficient (Wildman–Crippen LogP) is 1.08. The molecule has 19 heavy (non-hydrogen) atoms. The zero-order chi connectivity index (χ0) is 13.8. The van der Waals surface area contributed by atoms with E-state index in [-0.39, 0.29) is 11.3 Å². The largest absolute Gasteiger partial charge is 0.478 e. The molecule has 0 fully saturated rings. The minimum absolute atomic E-state index is 0.0168. The van der Waals surface area contributed by atoms with Crippen molar-refractivity contribution in [3.8, 4) is 12.1 Å². The van der Waals surface area contributed by atoms with Crippen molar-refractivity contribution in [3.05, 3.63) is 23.9 Å². The van der Waals surface area contributed by atoms with Gasteiger partial charge in [-0.1, -0.05) is 0 Å². The van der Waals surface area contributed by atoms with Gasteiger partial charge in [0.1, 0.15) is 12.1 Å². The number of aromatic nitrogens is 2. The van der Waals surface area contributed by atoms with E-state index in [9.17, 15) is 4.79 Å². The number of aromatic carboxylic acids is 1. The molecule has 0 radical (unpaired) electrons. The Kier molecular flexibility index (Phi) is 3.09. The van der Waals surface area contributed by atoms with Gasteiger partial charge in [0.25, 0.3) is 0 Å². The van der Waals surface area contributed by atoms with Crippen molar-refractivity contribution in [1.29, 1.82) is 10.5 Å². The third-order valence-electron chi connectivity index (χ3n) is 2.29. The van der Waals surface area contributed by atoms with Gasteiger partial charge in [0.05, 0.1) is 23.0 Å². The number of aromatic amines is 1. The van der Waals surface area contributed by atoms with Crippen molar-refractivity contribution >= 4 is 28.3 Å². The molecular weight excluding hydrogens is 248 g/mol. The Balaban J connectivity index is 2.46. The standard InChI is InChI=1S/C11H6N6O2/c12-3-8(4-13)16-15-7-1-6-5-14-17-10(6)9(2-7)11(18)19/h1-2,5,15H,(H,14,17)(H,18,19). The van der Waals surface area contributed by atoms with Gasteiger partial charge in [-0.2, -0.15) is 20.7 Å². The second-order valence-electron chi connectivity index (χ2n) is 3.46. The lowest BCUT2D eigenvalue weighted by molar-refractivity contribution is 0.0699. The highest BCUT2D eigenvalue weighted by Gasteiger charge is 2.12. The van der Waals surface area contributed by atoms with Gasteiger partial charge in [0.2, 0.25) is 5.71 Å². The number of fused-ring (bicyclic) bond motifs is 1. The maximum atomic E-state index is 11.1. The molecule has 0 saturated heterocycles. The Morgan fingerprint density at radius 1 is 1.42 bits per heavy atom. The number of hydrogen-bond acceptors (Lipinski definition) is 6. The van der Waals surface area contributed by atoms with Gasteiger partial charge >= 0.3 is 5.97 Å². The van der Waals surface area contributed by atoms with Crippen molar-refractivity contribution in [3.63, 3.8) is 0 Å². The molecule has 0 atom stereocenters. The van der Waals surface area contributed by atoms with Crippen molar-refractivity contribution < 1.29 is 9.90 Å². The molecule has 0 aliphatic carbocycles. The first-order valence-electron chi connectivity index (χ1n) is 5.00. The molecule has 8 nitrogen and oxygen atoms in total. The Morgan fingerprint density at radius 2 is 2.16 bits per heavy atom. The summed E-state index contributed by atoms with van der Waals surface area (Å²) in [6.45, 7) is 0. The quantitative estimate of drug-likeness (QED) is 0.553. The van der Waals surface area contributed by atoms with E-state index in [1.807, 2.05) is 0 Å². The molecule has 2 rings (SSSR count). The third-order valence-corrected chi connectivity index (χ3v) is 2.29. The van der Waals surface area contributed by atoms with Crippen LogP contribution >= 0.6 is 0 Å². The number of anilines is 1. The van der Waals surface area contributed by atoms with Gasteiger partial charge in [-0.25, -0.2) is 4.79 Å². The molecule has 3 N–H and O–H groups in total. The maximum Gasteiger partial charge on any atom is 0.337 e. The van der Waals surface area contributed by atoms with E-state index in [0.29, 0.717) is 16.6 Å². The van der Waals surface area contributed by atoms with E-state index >= 15 is 0 Å². The van der Waals surface area contributed by atoms with Gasteiger partial charge in [0.15, 0.2) is 0 Å². The third kappa shape index (κ3) is 2.33. The molecule has 1 aromatic heterocycles. The van der Waals surface area contributed by atoms with Crippen LogP contribution < -0.4 is 5.43 Å². The molecule has 1 heterocycles. The van der Waals surface area contributed by atoms with Gasteiger partial charge in [-0.05, 0) is 12.1 Å². The molecule has 0 aliphatic heterocycles. The number of rotatable bonds is 3. The molecule has 0 spiro atoms. The number of nitriles is 2. The summed E-state index contributed by atoms with van der Waals surface area (Å²) >= 11 is 0. The summed E-state index contributed by atoms with van der Waals surface area (Å²) in [7, 11) is 0.